The average Bonchev–Trinajstić information content (AvgIpc) is 2.25. The van der Waals surface area contributed by atoms with E-state index in [0.717, 1.165) is 6.07 Å². The molecule has 0 radical (unpaired) electrons. The normalized spacial score (nSPS) is 10.1. The lowest BCUT2D eigenvalue weighted by Crippen LogP contribution is -1.94. The average molecular weight is 220 g/mol. The maximum absolute atomic E-state index is 13.3. The molecular weight excluding hydrogens is 210 g/mol. The molecule has 0 atom stereocenters. The van der Waals surface area contributed by atoms with Crippen molar-refractivity contribution in [1.82, 2.24) is 0 Å². The summed E-state index contributed by atoms with van der Waals surface area (Å²) < 4.78 is 25.9. The van der Waals surface area contributed by atoms with E-state index in [1.54, 1.807) is 24.3 Å². The quantitative estimate of drug-likeness (QED) is 0.762. The standard InChI is InChI=1S/C12H10F2N2/c13-8-1-6-12(11(14)7-8)16-10-4-2-9(15)3-5-10/h1-7,16H,15H2. The smallest absolute Gasteiger partial charge is 0.149 e. The van der Waals surface area contributed by atoms with Crippen molar-refractivity contribution in [2.24, 2.45) is 0 Å². The second-order valence-corrected chi connectivity index (χ2v) is 3.37. The SMILES string of the molecule is Nc1ccc(Nc2ccc(F)cc2F)cc1. The molecule has 0 aliphatic heterocycles. The molecule has 0 aliphatic rings. The zero-order valence-electron chi connectivity index (χ0n) is 8.37. The van der Waals surface area contributed by atoms with Gasteiger partial charge in [0.05, 0.1) is 5.69 Å². The topological polar surface area (TPSA) is 38.0 Å². The van der Waals surface area contributed by atoms with Crippen LogP contribution in [0.5, 0.6) is 0 Å². The molecule has 2 aromatic rings. The van der Waals surface area contributed by atoms with Crippen LogP contribution in [-0.4, -0.2) is 0 Å². The van der Waals surface area contributed by atoms with E-state index in [1.165, 1.54) is 12.1 Å². The van der Waals surface area contributed by atoms with Crippen LogP contribution in [0.3, 0.4) is 0 Å². The van der Waals surface area contributed by atoms with Gasteiger partial charge in [-0.3, -0.25) is 0 Å². The second kappa shape index (κ2) is 4.18. The van der Waals surface area contributed by atoms with Gasteiger partial charge in [-0.1, -0.05) is 0 Å². The van der Waals surface area contributed by atoms with E-state index in [1.807, 2.05) is 0 Å². The molecule has 0 fully saturated rings. The third kappa shape index (κ3) is 2.28. The van der Waals surface area contributed by atoms with Crippen LogP contribution < -0.4 is 11.1 Å². The van der Waals surface area contributed by atoms with Crippen LogP contribution in [0.1, 0.15) is 0 Å². The fourth-order valence-electron chi connectivity index (χ4n) is 1.31. The number of halogens is 2. The van der Waals surface area contributed by atoms with Crippen molar-refractivity contribution < 1.29 is 8.78 Å². The Balaban J connectivity index is 2.23. The summed E-state index contributed by atoms with van der Waals surface area (Å²) in [5, 5.41) is 2.83. The molecule has 2 rings (SSSR count). The van der Waals surface area contributed by atoms with Crippen molar-refractivity contribution in [3.8, 4) is 0 Å². The first-order valence-electron chi connectivity index (χ1n) is 4.73. The third-order valence-corrected chi connectivity index (χ3v) is 2.12. The van der Waals surface area contributed by atoms with Gasteiger partial charge in [-0.05, 0) is 36.4 Å². The highest BCUT2D eigenvalue weighted by atomic mass is 19.1. The Hall–Kier alpha value is -2.10. The summed E-state index contributed by atoms with van der Waals surface area (Å²) in [6.07, 6.45) is 0. The fourth-order valence-corrected chi connectivity index (χ4v) is 1.31. The van der Waals surface area contributed by atoms with Crippen LogP contribution in [0.4, 0.5) is 25.8 Å². The number of nitrogens with two attached hydrogens (primary N) is 1. The van der Waals surface area contributed by atoms with Gasteiger partial charge in [-0.25, -0.2) is 8.78 Å². The van der Waals surface area contributed by atoms with Crippen LogP contribution in [0, 0.1) is 11.6 Å². The van der Waals surface area contributed by atoms with E-state index in [4.69, 9.17) is 5.73 Å². The number of hydrogen-bond donors (Lipinski definition) is 2. The number of rotatable bonds is 2. The molecule has 0 spiro atoms. The van der Waals surface area contributed by atoms with Gasteiger partial charge in [-0.15, -0.1) is 0 Å². The van der Waals surface area contributed by atoms with Gasteiger partial charge in [0.2, 0.25) is 0 Å². The van der Waals surface area contributed by atoms with E-state index in [0.29, 0.717) is 11.4 Å². The molecule has 0 aromatic heterocycles. The van der Waals surface area contributed by atoms with Crippen LogP contribution in [0.25, 0.3) is 0 Å². The molecule has 3 N–H and O–H groups in total. The molecule has 0 unspecified atom stereocenters. The number of nitrogens with one attached hydrogen (secondary N) is 1. The van der Waals surface area contributed by atoms with Crippen molar-refractivity contribution in [3.63, 3.8) is 0 Å². The predicted octanol–water partition coefficient (Wildman–Crippen LogP) is 3.29. The Bertz CT molecular complexity index is 495. The van der Waals surface area contributed by atoms with Crippen molar-refractivity contribution in [1.29, 1.82) is 0 Å². The lowest BCUT2D eigenvalue weighted by Gasteiger charge is -2.07. The summed E-state index contributed by atoms with van der Waals surface area (Å²) in [4.78, 5) is 0. The van der Waals surface area contributed by atoms with Crippen molar-refractivity contribution >= 4 is 17.1 Å². The lowest BCUT2D eigenvalue weighted by molar-refractivity contribution is 0.586. The van der Waals surface area contributed by atoms with Crippen LogP contribution in [0.15, 0.2) is 42.5 Å². The van der Waals surface area contributed by atoms with Gasteiger partial charge in [-0.2, -0.15) is 0 Å². The Labute approximate surface area is 91.7 Å². The summed E-state index contributed by atoms with van der Waals surface area (Å²) in [5.41, 5.74) is 7.07. The molecule has 0 heterocycles. The minimum atomic E-state index is -0.628. The van der Waals surface area contributed by atoms with Crippen LogP contribution >= 0.6 is 0 Å². The number of anilines is 3. The Morgan fingerprint density at radius 2 is 1.62 bits per heavy atom. The lowest BCUT2D eigenvalue weighted by atomic mass is 10.2. The summed E-state index contributed by atoms with van der Waals surface area (Å²) in [5.74, 6) is -1.22. The van der Waals surface area contributed by atoms with E-state index < -0.39 is 11.6 Å². The number of nitrogen functional groups attached to an aromatic ring is 1. The van der Waals surface area contributed by atoms with Crippen molar-refractivity contribution in [3.05, 3.63) is 54.1 Å². The van der Waals surface area contributed by atoms with E-state index in [2.05, 4.69) is 5.32 Å². The van der Waals surface area contributed by atoms with Gasteiger partial charge in [0.25, 0.3) is 0 Å². The maximum atomic E-state index is 13.3. The van der Waals surface area contributed by atoms with Gasteiger partial charge in [0.1, 0.15) is 11.6 Å². The highest BCUT2D eigenvalue weighted by Gasteiger charge is 2.03. The summed E-state index contributed by atoms with van der Waals surface area (Å²) in [6, 6.07) is 10.2. The molecule has 2 nitrogen and oxygen atoms in total. The minimum absolute atomic E-state index is 0.228. The van der Waals surface area contributed by atoms with Crippen LogP contribution in [-0.2, 0) is 0 Å². The van der Waals surface area contributed by atoms with E-state index in [9.17, 15) is 8.78 Å². The monoisotopic (exact) mass is 220 g/mol. The highest BCUT2D eigenvalue weighted by Crippen LogP contribution is 2.21. The molecule has 82 valence electrons. The third-order valence-electron chi connectivity index (χ3n) is 2.12. The Morgan fingerprint density at radius 3 is 2.25 bits per heavy atom. The zero-order chi connectivity index (χ0) is 11.5. The van der Waals surface area contributed by atoms with Gasteiger partial charge < -0.3 is 11.1 Å². The first-order valence-corrected chi connectivity index (χ1v) is 4.73. The molecule has 0 saturated carbocycles. The van der Waals surface area contributed by atoms with Gasteiger partial charge >= 0.3 is 0 Å². The molecule has 2 aromatic carbocycles. The predicted molar refractivity (Wildman–Crippen MR) is 60.5 cm³/mol. The highest BCUT2D eigenvalue weighted by molar-refractivity contribution is 5.62. The second-order valence-electron chi connectivity index (χ2n) is 3.37. The molecule has 0 aliphatic carbocycles. The fraction of sp³-hybridized carbons (Fsp3) is 0. The number of benzene rings is 2. The summed E-state index contributed by atoms with van der Waals surface area (Å²) in [7, 11) is 0. The molecule has 0 bridgehead atoms. The van der Waals surface area contributed by atoms with Crippen molar-refractivity contribution in [2.45, 2.75) is 0 Å². The first kappa shape index (κ1) is 10.4. The first-order chi connectivity index (χ1) is 7.65. The van der Waals surface area contributed by atoms with Crippen molar-refractivity contribution in [2.75, 3.05) is 11.1 Å². The molecule has 16 heavy (non-hydrogen) atoms. The summed E-state index contributed by atoms with van der Waals surface area (Å²) >= 11 is 0. The minimum Gasteiger partial charge on any atom is -0.399 e. The zero-order valence-corrected chi connectivity index (χ0v) is 8.37. The maximum Gasteiger partial charge on any atom is 0.149 e. The summed E-state index contributed by atoms with van der Waals surface area (Å²) in [6.45, 7) is 0. The number of hydrogen-bond acceptors (Lipinski definition) is 2. The molecular formula is C12H10F2N2. The van der Waals surface area contributed by atoms with E-state index >= 15 is 0 Å². The van der Waals surface area contributed by atoms with E-state index in [-0.39, 0.29) is 5.69 Å². The van der Waals surface area contributed by atoms with Gasteiger partial charge in [0.15, 0.2) is 0 Å². The molecule has 0 amide bonds. The molecule has 4 heteroatoms. The Kier molecular flexibility index (Phi) is 2.72. The van der Waals surface area contributed by atoms with Gasteiger partial charge in [0, 0.05) is 17.4 Å². The molecule has 0 saturated heterocycles. The largest absolute Gasteiger partial charge is 0.399 e. The Morgan fingerprint density at radius 1 is 0.938 bits per heavy atom. The van der Waals surface area contributed by atoms with Crippen LogP contribution in [0.2, 0.25) is 0 Å².